The minimum Gasteiger partial charge on any atom is -0.790 e. The topological polar surface area (TPSA) is 1160 Å². The molecule has 0 heterocycles. The number of carbonyl (C=O) groups excluding carboxylic acids is 17. The van der Waals surface area contributed by atoms with Crippen LogP contribution in [0.25, 0.3) is 0 Å². The number of phosphoric ester groups is 3. The Morgan fingerprint density at radius 3 is 0.480 bits per heavy atom. The molecule has 0 fully saturated rings. The number of ether oxygens (including phenoxy) is 2. The van der Waals surface area contributed by atoms with Gasteiger partial charge in [-0.15, -0.1) is 0 Å². The third-order valence-electron chi connectivity index (χ3n) is 9.93. The average Bonchev–Trinajstić information content (AvgIpc) is 0.955. The minimum atomic E-state index is -4.76. The number of aliphatic carboxylic acids is 15. The molecule has 0 unspecified atom stereocenters. The first-order chi connectivity index (χ1) is 64.5. The molecule has 0 aromatic rings. The summed E-state index contributed by atoms with van der Waals surface area (Å²) in [5.74, 6) is -16.8. The average molecular weight is 3230 g/mol. The van der Waals surface area contributed by atoms with Gasteiger partial charge in [0.05, 0.1) is 49.9 Å². The molecule has 0 aliphatic rings. The van der Waals surface area contributed by atoms with Gasteiger partial charge in [-0.1, -0.05) is 142 Å². The van der Waals surface area contributed by atoms with Crippen molar-refractivity contribution in [3.8, 4) is 0 Å². The summed E-state index contributed by atoms with van der Waals surface area (Å²) in [6.07, 6.45) is 27.2. The van der Waals surface area contributed by atoms with Gasteiger partial charge in [-0.3, -0.25) is 9.59 Å². The second-order valence-corrected chi connectivity index (χ2v) is 28.6. The third-order valence-corrected chi connectivity index (χ3v) is 11.4. The van der Waals surface area contributed by atoms with Crippen LogP contribution in [-0.2, 0) is 118 Å². The number of carbonyl (C=O) groups is 17. The molecule has 7 radical (unpaired) electrons. The van der Waals surface area contributed by atoms with E-state index in [4.69, 9.17) is 210 Å². The number of nitrogens with two attached hydrogens (primary N) is 9. The number of hydrogen-bond donors (Lipinski definition) is 13. The van der Waals surface area contributed by atoms with Gasteiger partial charge in [-0.25, -0.2) is 0 Å². The zero-order valence-corrected chi connectivity index (χ0v) is 105. The van der Waals surface area contributed by atoms with Gasteiger partial charge in [0.1, 0.15) is 6.61 Å². The smallest absolute Gasteiger partial charge is 0.790 e. The molecule has 0 spiro atoms. The molecule has 0 rings (SSSR count). The Morgan fingerprint density at radius 1 is 0.243 bits per heavy atom. The number of phosphoric acid groups is 3. The van der Waals surface area contributed by atoms with E-state index in [0.717, 1.165) is 182 Å². The van der Waals surface area contributed by atoms with Crippen molar-refractivity contribution in [2.24, 2.45) is 51.6 Å². The number of carboxylic acid groups (broad SMARTS) is 15. The maximum atomic E-state index is 12.0. The molecule has 0 aliphatic heterocycles. The van der Waals surface area contributed by atoms with E-state index in [1.165, 1.54) is 103 Å². The van der Waals surface area contributed by atoms with Crippen LogP contribution in [0.5, 0.6) is 0 Å². The standard InChI is InChI=1S/C31H60O5.3C4H13N3.3C2H8NO4P.15C2H4O2.7Gd/c1-3-5-7-9-11-13-15-17-19-21-23-25-30(33)35-28-29(27-32)36-31(34)26-24-22-20-18-16-14-12-10-8-6-4-2;3*5-1-3-7-4-2-6;3*3-1-2-7-8(4,5)6;15*1-2(3)4;;;;;;;/h29,32H,3-28H2,1-2H3;3*7H,1-6H2;3*1-3H2,(H2,4,5,6);15*1H3,(H,3,4);;;;;;;/q;;;;;;;;;;;;;;;;;;;;;;7*+3/p-21/t29-;;;;;;;;;;;;;;;;;;;;;;;;;;;;/m0............................/s1. The van der Waals surface area contributed by atoms with Crippen LogP contribution < -0.4 is 174 Å². The van der Waals surface area contributed by atoms with Crippen molar-refractivity contribution in [3.05, 3.63) is 0 Å². The SMILES string of the molecule is CC(=O)[O-].CC(=O)[O-].CC(=O)[O-].CC(=O)[O-].CC(=O)[O-].CC(=O)[O-].CC(=O)[O-].CC(=O)[O-].CC(=O)[O-].CC(=O)[O-].CC(=O)[O-].CC(=O)[O-].CC(=O)[O-].CC(=O)[O-].CC(=O)[O-].CCCCCCCCCCCCCC(=O)OC[C@H](CO)OC(=O)CCCCCCCCCCCCC.NCCNCCN.NCCNCCN.NCCNCCN.NCCOP(=O)([O-])[O-].NCCOP(=O)([O-])[O-].NCCOP(=O)([O-])[O-].[Gd+3].[Gd+3].[Gd+3].[Gd+3].[Gd+3].[Gd+3].[Gd+3]. The molecule has 0 saturated heterocycles. The number of nitrogens with one attached hydrogen (secondary N) is 3. The van der Waals surface area contributed by atoms with Gasteiger partial charge < -0.3 is 287 Å². The van der Waals surface area contributed by atoms with Crippen LogP contribution in [0, 0.1) is 280 Å². The summed E-state index contributed by atoms with van der Waals surface area (Å²) in [6, 6.07) is 0. The first-order valence-electron chi connectivity index (χ1n) is 42.6. The number of carboxylic acids is 15. The molecule has 0 aromatic heterocycles. The van der Waals surface area contributed by atoms with Gasteiger partial charge in [0.25, 0.3) is 0 Å². The molecule has 0 saturated carbocycles. The van der Waals surface area contributed by atoms with E-state index >= 15 is 0 Å². The fraction of sp³-hybridized carbons (Fsp3) is 0.785. The first kappa shape index (κ1) is 226. The van der Waals surface area contributed by atoms with Crippen LogP contribution in [0.15, 0.2) is 0 Å². The Hall–Kier alpha value is 0.0727. The maximum Gasteiger partial charge on any atom is 3.00 e. The Morgan fingerprint density at radius 2 is 0.372 bits per heavy atom. The molecular weight excluding hydrogens is 3060 g/mol. The number of rotatable bonds is 49. The Labute approximate surface area is 1090 Å². The maximum absolute atomic E-state index is 12.0. The molecule has 69 heteroatoms. The fourth-order valence-electron chi connectivity index (χ4n) is 5.97. The van der Waals surface area contributed by atoms with Gasteiger partial charge in [0.2, 0.25) is 0 Å². The van der Waals surface area contributed by atoms with Crippen molar-refractivity contribution in [2.75, 3.05) is 131 Å². The van der Waals surface area contributed by atoms with Crippen molar-refractivity contribution in [1.82, 2.24) is 16.0 Å². The van der Waals surface area contributed by atoms with Crippen molar-refractivity contribution in [2.45, 2.75) is 278 Å². The summed E-state index contributed by atoms with van der Waals surface area (Å²) in [6.45, 7) is 27.5. The monoisotopic (exact) mass is 3230 g/mol. The zero-order chi connectivity index (χ0) is 117. The molecule has 0 aliphatic carbocycles. The zero-order valence-electron chi connectivity index (χ0n) is 86.9. The van der Waals surface area contributed by atoms with Gasteiger partial charge >= 0.3 is 292 Å². The Kier molecular flexibility index (Phi) is 311. The van der Waals surface area contributed by atoms with Gasteiger partial charge in [-0.2, -0.15) is 0 Å². The number of unbranched alkanes of at least 4 members (excludes halogenated alkanes) is 20. The van der Waals surface area contributed by atoms with Crippen LogP contribution >= 0.6 is 23.5 Å². The van der Waals surface area contributed by atoms with E-state index in [9.17, 15) is 57.8 Å². The molecule has 148 heavy (non-hydrogen) atoms. The van der Waals surface area contributed by atoms with Crippen LogP contribution in [-0.4, -0.2) is 244 Å². The summed E-state index contributed by atoms with van der Waals surface area (Å²) in [5, 5.41) is 152. The third kappa shape index (κ3) is 749. The largest absolute Gasteiger partial charge is 3.00 e. The van der Waals surface area contributed by atoms with Gasteiger partial charge in [-0.05, 0) is 117 Å². The summed E-state index contributed by atoms with van der Waals surface area (Å²) < 4.78 is 50.4. The van der Waals surface area contributed by atoms with Crippen LogP contribution in [0.2, 0.25) is 0 Å². The molecule has 0 aromatic carbocycles. The molecular formula is C79H162Gd7N12O47P3. The van der Waals surface area contributed by atoms with E-state index in [1.807, 2.05) is 0 Å². The van der Waals surface area contributed by atoms with Crippen molar-refractivity contribution >= 4 is 125 Å². The minimum absolute atomic E-state index is 0. The molecule has 0 bridgehead atoms. The van der Waals surface area contributed by atoms with E-state index in [-0.39, 0.29) is 344 Å². The van der Waals surface area contributed by atoms with Crippen molar-refractivity contribution in [3.63, 3.8) is 0 Å². The van der Waals surface area contributed by atoms with Crippen molar-refractivity contribution < 1.29 is 509 Å². The molecule has 0 amide bonds. The van der Waals surface area contributed by atoms with Crippen LogP contribution in [0.4, 0.5) is 0 Å². The van der Waals surface area contributed by atoms with Crippen LogP contribution in [0.1, 0.15) is 272 Å². The number of hydrogen-bond acceptors (Lipinski definition) is 59. The second kappa shape index (κ2) is 204. The van der Waals surface area contributed by atoms with Gasteiger partial charge in [0, 0.05) is 201 Å². The van der Waals surface area contributed by atoms with E-state index < -0.39 is 119 Å². The number of esters is 2. The Bertz CT molecular complexity index is 2450. The van der Waals surface area contributed by atoms with Crippen molar-refractivity contribution in [1.29, 1.82) is 0 Å². The fourth-order valence-corrected chi connectivity index (χ4v) is 6.96. The second-order valence-electron chi connectivity index (χ2n) is 25.1. The summed E-state index contributed by atoms with van der Waals surface area (Å²) in [4.78, 5) is 215. The van der Waals surface area contributed by atoms with Gasteiger partial charge in [0.15, 0.2) is 6.10 Å². The normalized spacial score (nSPS) is 8.71. The predicted octanol–water partition coefficient (Wildman–Crippen LogP) is -21.0. The summed E-state index contributed by atoms with van der Waals surface area (Å²) in [7, 11) is -14.3. The van der Waals surface area contributed by atoms with Crippen LogP contribution in [0.3, 0.4) is 0 Å². The predicted molar refractivity (Wildman–Crippen MR) is 471 cm³/mol. The van der Waals surface area contributed by atoms with E-state index in [0.29, 0.717) is 52.1 Å². The summed E-state index contributed by atoms with van der Waals surface area (Å²) >= 11 is 0. The molecule has 1 atom stereocenters. The molecule has 59 nitrogen and oxygen atoms in total. The molecule has 891 valence electrons. The number of aliphatic hydroxyl groups is 1. The molecule has 22 N–H and O–H groups in total. The number of aliphatic hydroxyl groups excluding tert-OH is 1. The quantitative estimate of drug-likeness (QED) is 0.0153. The van der Waals surface area contributed by atoms with E-state index in [1.54, 1.807) is 0 Å². The van der Waals surface area contributed by atoms with E-state index in [2.05, 4.69) is 43.4 Å². The first-order valence-corrected chi connectivity index (χ1v) is 47.0. The summed E-state index contributed by atoms with van der Waals surface area (Å²) in [5.41, 5.74) is 45.4. The Balaban J connectivity index is -0.0000000398.